The third-order valence-electron chi connectivity index (χ3n) is 5.47. The van der Waals surface area contributed by atoms with E-state index in [9.17, 15) is 4.79 Å². The second-order valence-electron chi connectivity index (χ2n) is 6.77. The van der Waals surface area contributed by atoms with Crippen LogP contribution in [0.5, 0.6) is 0 Å². The van der Waals surface area contributed by atoms with Gasteiger partial charge in [-0.25, -0.2) is 5.43 Å². The molecule has 22 heavy (non-hydrogen) atoms. The second-order valence-corrected chi connectivity index (χ2v) is 6.77. The van der Waals surface area contributed by atoms with Gasteiger partial charge >= 0.3 is 0 Å². The van der Waals surface area contributed by atoms with Crippen LogP contribution in [-0.4, -0.2) is 50.5 Å². The highest BCUT2D eigenvalue weighted by molar-refractivity contribution is 5.83. The van der Waals surface area contributed by atoms with E-state index in [1.54, 1.807) is 6.20 Å². The minimum absolute atomic E-state index is 0.0540. The Hall–Kier alpha value is -1.47. The standard InChI is InChI=1S/C15H24N6O/c22-15(14-12-5-1-2-6-13(12)17-18-14)21-8-3-4-11(21)10-20-9-7-16-19-20/h7,9,11-14,17-18H,1-6,8,10H2/t11-,12?,13?,14?/m0/s1. The molecule has 2 N–H and O–H groups in total. The first-order valence-corrected chi connectivity index (χ1v) is 8.48. The Morgan fingerprint density at radius 2 is 2.09 bits per heavy atom. The summed E-state index contributed by atoms with van der Waals surface area (Å²) in [5.41, 5.74) is 6.63. The number of hydrazine groups is 1. The van der Waals surface area contributed by atoms with Crippen LogP contribution in [0.2, 0.25) is 0 Å². The molecule has 1 saturated carbocycles. The first-order valence-electron chi connectivity index (χ1n) is 8.48. The SMILES string of the molecule is O=C(C1NNC2CCCCC21)N1CCC[C@H]1Cn1ccnn1. The first kappa shape index (κ1) is 14.1. The Kier molecular flexibility index (Phi) is 3.83. The summed E-state index contributed by atoms with van der Waals surface area (Å²) in [4.78, 5) is 15.1. The molecule has 2 saturated heterocycles. The summed E-state index contributed by atoms with van der Waals surface area (Å²) >= 11 is 0. The van der Waals surface area contributed by atoms with Gasteiger partial charge in [-0.3, -0.25) is 14.9 Å². The number of carbonyl (C=O) groups excluding carboxylic acids is 1. The van der Waals surface area contributed by atoms with Gasteiger partial charge in [0, 0.05) is 24.7 Å². The Labute approximate surface area is 130 Å². The molecule has 1 aromatic rings. The van der Waals surface area contributed by atoms with Gasteiger partial charge in [0.25, 0.3) is 0 Å². The molecule has 1 aliphatic carbocycles. The lowest BCUT2D eigenvalue weighted by Gasteiger charge is -2.31. The van der Waals surface area contributed by atoms with Crippen molar-refractivity contribution in [3.05, 3.63) is 12.4 Å². The van der Waals surface area contributed by atoms with Crippen molar-refractivity contribution in [3.63, 3.8) is 0 Å². The van der Waals surface area contributed by atoms with Crippen molar-refractivity contribution >= 4 is 5.91 Å². The Bertz CT molecular complexity index is 518. The Balaban J connectivity index is 1.44. The Morgan fingerprint density at radius 3 is 2.95 bits per heavy atom. The van der Waals surface area contributed by atoms with E-state index in [0.29, 0.717) is 12.0 Å². The summed E-state index contributed by atoms with van der Waals surface area (Å²) < 4.78 is 1.83. The van der Waals surface area contributed by atoms with E-state index in [-0.39, 0.29) is 18.0 Å². The van der Waals surface area contributed by atoms with Gasteiger partial charge in [-0.2, -0.15) is 0 Å². The zero-order valence-corrected chi connectivity index (χ0v) is 12.8. The summed E-state index contributed by atoms with van der Waals surface area (Å²) in [6.45, 7) is 1.62. The predicted molar refractivity (Wildman–Crippen MR) is 80.6 cm³/mol. The van der Waals surface area contributed by atoms with E-state index in [0.717, 1.165) is 32.4 Å². The lowest BCUT2D eigenvalue weighted by atomic mass is 9.81. The summed E-state index contributed by atoms with van der Waals surface area (Å²) in [5.74, 6) is 0.721. The smallest absolute Gasteiger partial charge is 0.241 e. The van der Waals surface area contributed by atoms with E-state index in [1.807, 2.05) is 10.9 Å². The molecule has 7 nitrogen and oxygen atoms in total. The number of amides is 1. The minimum atomic E-state index is -0.0540. The molecule has 2 aliphatic heterocycles. The molecule has 1 amide bonds. The number of carbonyl (C=O) groups is 1. The summed E-state index contributed by atoms with van der Waals surface area (Å²) in [5, 5.41) is 7.89. The molecule has 3 heterocycles. The topological polar surface area (TPSA) is 75.1 Å². The summed E-state index contributed by atoms with van der Waals surface area (Å²) in [7, 11) is 0. The average Bonchev–Trinajstić information content (AvgIpc) is 3.27. The predicted octanol–water partition coefficient (Wildman–Crippen LogP) is 0.304. The first-order chi connectivity index (χ1) is 10.8. The van der Waals surface area contributed by atoms with Crippen LogP contribution in [0.25, 0.3) is 0 Å². The lowest BCUT2D eigenvalue weighted by Crippen LogP contribution is -2.50. The highest BCUT2D eigenvalue weighted by Crippen LogP contribution is 2.32. The second kappa shape index (κ2) is 5.96. The molecule has 0 aromatic carbocycles. The maximum atomic E-state index is 13.0. The van der Waals surface area contributed by atoms with E-state index in [1.165, 1.54) is 19.3 Å². The van der Waals surface area contributed by atoms with Gasteiger partial charge < -0.3 is 4.90 Å². The minimum Gasteiger partial charge on any atom is -0.336 e. The van der Waals surface area contributed by atoms with Crippen LogP contribution in [0.3, 0.4) is 0 Å². The molecule has 3 aliphatic rings. The Morgan fingerprint density at radius 1 is 1.18 bits per heavy atom. The largest absolute Gasteiger partial charge is 0.336 e. The number of fused-ring (bicyclic) bond motifs is 1. The zero-order valence-electron chi connectivity index (χ0n) is 12.8. The molecule has 0 radical (unpaired) electrons. The van der Waals surface area contributed by atoms with Gasteiger partial charge in [0.15, 0.2) is 0 Å². The van der Waals surface area contributed by atoms with Crippen LogP contribution in [0.4, 0.5) is 0 Å². The molecule has 3 unspecified atom stereocenters. The van der Waals surface area contributed by atoms with Crippen LogP contribution in [0.1, 0.15) is 38.5 Å². The van der Waals surface area contributed by atoms with Gasteiger partial charge in [-0.15, -0.1) is 5.10 Å². The number of nitrogens with one attached hydrogen (secondary N) is 2. The number of hydrogen-bond acceptors (Lipinski definition) is 5. The van der Waals surface area contributed by atoms with Crippen molar-refractivity contribution in [2.24, 2.45) is 5.92 Å². The highest BCUT2D eigenvalue weighted by Gasteiger charge is 2.44. The van der Waals surface area contributed by atoms with Crippen molar-refractivity contribution < 1.29 is 4.79 Å². The van der Waals surface area contributed by atoms with Gasteiger partial charge in [-0.05, 0) is 25.7 Å². The molecular weight excluding hydrogens is 280 g/mol. The van der Waals surface area contributed by atoms with Gasteiger partial charge in [0.05, 0.1) is 18.8 Å². The van der Waals surface area contributed by atoms with E-state index in [4.69, 9.17) is 0 Å². The highest BCUT2D eigenvalue weighted by atomic mass is 16.2. The van der Waals surface area contributed by atoms with E-state index < -0.39 is 0 Å². The lowest BCUT2D eigenvalue weighted by molar-refractivity contribution is -0.135. The number of hydrogen-bond donors (Lipinski definition) is 2. The van der Waals surface area contributed by atoms with Crippen LogP contribution in [0, 0.1) is 5.92 Å². The summed E-state index contributed by atoms with van der Waals surface area (Å²) in [6.07, 6.45) is 10.6. The fourth-order valence-corrected chi connectivity index (χ4v) is 4.33. The average molecular weight is 304 g/mol. The van der Waals surface area contributed by atoms with Crippen molar-refractivity contribution in [3.8, 4) is 0 Å². The quantitative estimate of drug-likeness (QED) is 0.840. The third kappa shape index (κ3) is 2.52. The van der Waals surface area contributed by atoms with Crippen LogP contribution in [0.15, 0.2) is 12.4 Å². The molecule has 0 bridgehead atoms. The van der Waals surface area contributed by atoms with Gasteiger partial charge in [0.1, 0.15) is 6.04 Å². The number of rotatable bonds is 3. The summed E-state index contributed by atoms with van der Waals surface area (Å²) in [6, 6.07) is 0.666. The van der Waals surface area contributed by atoms with Gasteiger partial charge in [0.2, 0.25) is 5.91 Å². The number of nitrogens with zero attached hydrogens (tertiary/aromatic N) is 4. The monoisotopic (exact) mass is 304 g/mol. The molecule has 4 rings (SSSR count). The third-order valence-corrected chi connectivity index (χ3v) is 5.47. The number of likely N-dealkylation sites (tertiary alicyclic amines) is 1. The van der Waals surface area contributed by atoms with E-state index in [2.05, 4.69) is 26.1 Å². The van der Waals surface area contributed by atoms with Crippen LogP contribution < -0.4 is 10.9 Å². The van der Waals surface area contributed by atoms with E-state index >= 15 is 0 Å². The molecule has 0 spiro atoms. The van der Waals surface area contributed by atoms with Crippen LogP contribution in [-0.2, 0) is 11.3 Å². The fourth-order valence-electron chi connectivity index (χ4n) is 4.33. The normalized spacial score (nSPS) is 34.8. The van der Waals surface area contributed by atoms with Crippen molar-refractivity contribution in [1.82, 2.24) is 30.7 Å². The number of aromatic nitrogens is 3. The fraction of sp³-hybridized carbons (Fsp3) is 0.800. The van der Waals surface area contributed by atoms with Crippen molar-refractivity contribution in [2.45, 2.75) is 63.2 Å². The molecule has 3 fully saturated rings. The molecule has 120 valence electrons. The molecular formula is C15H24N6O. The maximum Gasteiger partial charge on any atom is 0.241 e. The van der Waals surface area contributed by atoms with Gasteiger partial charge in [-0.1, -0.05) is 18.1 Å². The molecule has 4 atom stereocenters. The van der Waals surface area contributed by atoms with Crippen molar-refractivity contribution in [2.75, 3.05) is 6.54 Å². The maximum absolute atomic E-state index is 13.0. The molecule has 1 aromatic heterocycles. The molecule has 7 heteroatoms. The zero-order chi connectivity index (χ0) is 14.9. The van der Waals surface area contributed by atoms with Crippen molar-refractivity contribution in [1.29, 1.82) is 0 Å². The van der Waals surface area contributed by atoms with Crippen LogP contribution >= 0.6 is 0 Å².